The van der Waals surface area contributed by atoms with E-state index in [4.69, 9.17) is 10.00 Å². The van der Waals surface area contributed by atoms with Crippen molar-refractivity contribution in [1.82, 2.24) is 0 Å². The van der Waals surface area contributed by atoms with Gasteiger partial charge in [-0.25, -0.2) is 8.42 Å². The largest absolute Gasteiger partial charge is 0.495 e. The molecule has 0 heterocycles. The molecule has 0 bridgehead atoms. The summed E-state index contributed by atoms with van der Waals surface area (Å²) in [6.45, 7) is 1.86. The summed E-state index contributed by atoms with van der Waals surface area (Å²) in [6.07, 6.45) is 0. The lowest BCUT2D eigenvalue weighted by Crippen LogP contribution is -2.13. The Labute approximate surface area is 123 Å². The van der Waals surface area contributed by atoms with Crippen LogP contribution in [0.1, 0.15) is 11.1 Å². The first-order chi connectivity index (χ1) is 9.96. The smallest absolute Gasteiger partial charge is 0.262 e. The second kappa shape index (κ2) is 5.85. The van der Waals surface area contributed by atoms with Crippen LogP contribution in [0, 0.1) is 18.3 Å². The van der Waals surface area contributed by atoms with Crippen LogP contribution in [-0.2, 0) is 10.0 Å². The third-order valence-corrected chi connectivity index (χ3v) is 4.27. The first kappa shape index (κ1) is 14.9. The Hall–Kier alpha value is -2.52. The summed E-state index contributed by atoms with van der Waals surface area (Å²) in [5.74, 6) is 0.442. The highest BCUT2D eigenvalue weighted by Crippen LogP contribution is 2.27. The second-order valence-electron chi connectivity index (χ2n) is 4.45. The highest BCUT2D eigenvalue weighted by molar-refractivity contribution is 7.92. The molecule has 0 aliphatic carbocycles. The van der Waals surface area contributed by atoms with Crippen LogP contribution in [0.25, 0.3) is 0 Å². The van der Waals surface area contributed by atoms with Crippen molar-refractivity contribution in [2.45, 2.75) is 11.8 Å². The van der Waals surface area contributed by atoms with E-state index >= 15 is 0 Å². The van der Waals surface area contributed by atoms with Crippen molar-refractivity contribution in [3.63, 3.8) is 0 Å². The van der Waals surface area contributed by atoms with Gasteiger partial charge in [0.15, 0.2) is 0 Å². The first-order valence-electron chi connectivity index (χ1n) is 6.14. The van der Waals surface area contributed by atoms with Gasteiger partial charge in [-0.3, -0.25) is 4.72 Å². The van der Waals surface area contributed by atoms with E-state index in [-0.39, 0.29) is 4.90 Å². The van der Waals surface area contributed by atoms with Gasteiger partial charge >= 0.3 is 0 Å². The van der Waals surface area contributed by atoms with Crippen LogP contribution in [-0.4, -0.2) is 15.5 Å². The van der Waals surface area contributed by atoms with Crippen molar-refractivity contribution in [2.75, 3.05) is 11.8 Å². The van der Waals surface area contributed by atoms with Crippen molar-refractivity contribution in [2.24, 2.45) is 0 Å². The van der Waals surface area contributed by atoms with E-state index in [0.29, 0.717) is 17.0 Å². The molecule has 0 unspecified atom stereocenters. The molecule has 1 N–H and O–H groups in total. The van der Waals surface area contributed by atoms with Crippen molar-refractivity contribution in [1.29, 1.82) is 5.26 Å². The molecule has 0 saturated heterocycles. The van der Waals surface area contributed by atoms with Crippen LogP contribution in [0.5, 0.6) is 5.75 Å². The fourth-order valence-corrected chi connectivity index (χ4v) is 2.88. The normalized spacial score (nSPS) is 10.7. The maximum atomic E-state index is 12.3. The number of nitrogens with zero attached hydrogens (tertiary/aromatic N) is 1. The number of nitrogens with one attached hydrogen (secondary N) is 1. The number of methoxy groups -OCH3 is 1. The van der Waals surface area contributed by atoms with Gasteiger partial charge in [0.2, 0.25) is 0 Å². The highest BCUT2D eigenvalue weighted by atomic mass is 32.2. The molecule has 21 heavy (non-hydrogen) atoms. The Morgan fingerprint density at radius 1 is 1.14 bits per heavy atom. The van der Waals surface area contributed by atoms with Gasteiger partial charge in [-0.2, -0.15) is 5.26 Å². The van der Waals surface area contributed by atoms with E-state index < -0.39 is 10.0 Å². The Balaban J connectivity index is 2.37. The van der Waals surface area contributed by atoms with E-state index in [1.54, 1.807) is 12.1 Å². The van der Waals surface area contributed by atoms with Crippen molar-refractivity contribution in [3.8, 4) is 11.8 Å². The summed E-state index contributed by atoms with van der Waals surface area (Å²) in [5.41, 5.74) is 1.69. The summed E-state index contributed by atoms with van der Waals surface area (Å²) in [4.78, 5) is 0.0880. The van der Waals surface area contributed by atoms with Gasteiger partial charge in [0, 0.05) is 0 Å². The van der Waals surface area contributed by atoms with Gasteiger partial charge in [-0.05, 0) is 48.9 Å². The molecule has 0 saturated carbocycles. The molecular formula is C15H14N2O3S. The Morgan fingerprint density at radius 2 is 1.81 bits per heavy atom. The molecule has 0 spiro atoms. The van der Waals surface area contributed by atoms with Crippen molar-refractivity contribution >= 4 is 15.7 Å². The van der Waals surface area contributed by atoms with E-state index in [0.717, 1.165) is 5.56 Å². The molecule has 2 aromatic rings. The van der Waals surface area contributed by atoms with Gasteiger partial charge in [0.05, 0.1) is 29.3 Å². The number of sulfonamides is 1. The molecule has 108 valence electrons. The van der Waals surface area contributed by atoms with E-state index in [1.165, 1.54) is 31.4 Å². The number of hydrogen-bond acceptors (Lipinski definition) is 4. The fourth-order valence-electron chi connectivity index (χ4n) is 1.81. The van der Waals surface area contributed by atoms with Gasteiger partial charge in [0.25, 0.3) is 10.0 Å². The number of nitriles is 1. The van der Waals surface area contributed by atoms with Gasteiger partial charge < -0.3 is 4.74 Å². The molecule has 0 amide bonds. The number of rotatable bonds is 4. The third kappa shape index (κ3) is 3.33. The number of hydrogen-bond donors (Lipinski definition) is 1. The van der Waals surface area contributed by atoms with Crippen LogP contribution in [0.15, 0.2) is 47.4 Å². The monoisotopic (exact) mass is 302 g/mol. The lowest BCUT2D eigenvalue weighted by molar-refractivity contribution is 0.417. The minimum Gasteiger partial charge on any atom is -0.495 e. The topological polar surface area (TPSA) is 79.2 Å². The Bertz CT molecular complexity index is 791. The number of ether oxygens (including phenoxy) is 1. The van der Waals surface area contributed by atoms with Crippen molar-refractivity contribution < 1.29 is 13.2 Å². The molecule has 0 aliphatic heterocycles. The average Bonchev–Trinajstić information content (AvgIpc) is 2.47. The molecule has 0 aromatic heterocycles. The zero-order chi connectivity index (χ0) is 15.5. The predicted molar refractivity (Wildman–Crippen MR) is 79.7 cm³/mol. The fraction of sp³-hybridized carbons (Fsp3) is 0.133. The Kier molecular flexibility index (Phi) is 4.15. The number of aryl methyl sites for hydroxylation is 1. The number of benzene rings is 2. The van der Waals surface area contributed by atoms with Gasteiger partial charge in [-0.1, -0.05) is 6.07 Å². The second-order valence-corrected chi connectivity index (χ2v) is 6.13. The minimum absolute atomic E-state index is 0.0880. The van der Waals surface area contributed by atoms with Crippen LogP contribution in [0.4, 0.5) is 5.69 Å². The summed E-state index contributed by atoms with van der Waals surface area (Å²) >= 11 is 0. The van der Waals surface area contributed by atoms with E-state index in [2.05, 4.69) is 4.72 Å². The molecule has 5 nitrogen and oxygen atoms in total. The molecule has 0 aliphatic rings. The van der Waals surface area contributed by atoms with Crippen LogP contribution in [0.2, 0.25) is 0 Å². The predicted octanol–water partition coefficient (Wildman–Crippen LogP) is 2.68. The lowest BCUT2D eigenvalue weighted by Gasteiger charge is -2.12. The molecule has 0 atom stereocenters. The highest BCUT2D eigenvalue weighted by Gasteiger charge is 2.16. The standard InChI is InChI=1S/C15H14N2O3S/c1-11-3-8-15(20-2)14(9-11)17-21(18,19)13-6-4-12(10-16)5-7-13/h3-9,17H,1-2H3. The van der Waals surface area contributed by atoms with Gasteiger partial charge in [0.1, 0.15) is 5.75 Å². The third-order valence-electron chi connectivity index (χ3n) is 2.89. The average molecular weight is 302 g/mol. The summed E-state index contributed by atoms with van der Waals surface area (Å²) < 4.78 is 32.3. The molecule has 0 radical (unpaired) electrons. The van der Waals surface area contributed by atoms with Gasteiger partial charge in [-0.15, -0.1) is 0 Å². The van der Waals surface area contributed by atoms with E-state index in [9.17, 15) is 8.42 Å². The molecule has 2 rings (SSSR count). The maximum Gasteiger partial charge on any atom is 0.262 e. The summed E-state index contributed by atoms with van der Waals surface area (Å²) in [6, 6.07) is 12.9. The quantitative estimate of drug-likeness (QED) is 0.941. The number of anilines is 1. The van der Waals surface area contributed by atoms with Crippen LogP contribution < -0.4 is 9.46 Å². The molecular weight excluding hydrogens is 288 g/mol. The molecule has 0 fully saturated rings. The minimum atomic E-state index is -3.73. The maximum absolute atomic E-state index is 12.3. The van der Waals surface area contributed by atoms with E-state index in [1.807, 2.05) is 19.1 Å². The zero-order valence-electron chi connectivity index (χ0n) is 11.6. The van der Waals surface area contributed by atoms with Crippen LogP contribution >= 0.6 is 0 Å². The Morgan fingerprint density at radius 3 is 2.38 bits per heavy atom. The lowest BCUT2D eigenvalue weighted by atomic mass is 10.2. The zero-order valence-corrected chi connectivity index (χ0v) is 12.4. The summed E-state index contributed by atoms with van der Waals surface area (Å²) in [5, 5.41) is 8.73. The summed E-state index contributed by atoms with van der Waals surface area (Å²) in [7, 11) is -2.25. The first-order valence-corrected chi connectivity index (χ1v) is 7.62. The SMILES string of the molecule is COc1ccc(C)cc1NS(=O)(=O)c1ccc(C#N)cc1. The van der Waals surface area contributed by atoms with Crippen molar-refractivity contribution in [3.05, 3.63) is 53.6 Å². The molecule has 2 aromatic carbocycles. The molecule has 6 heteroatoms. The van der Waals surface area contributed by atoms with Crippen LogP contribution in [0.3, 0.4) is 0 Å².